The molecule has 0 radical (unpaired) electrons. The van der Waals surface area contributed by atoms with Crippen molar-refractivity contribution in [2.45, 2.75) is 51.5 Å². The third-order valence-electron chi connectivity index (χ3n) is 3.86. The van der Waals surface area contributed by atoms with Crippen LogP contribution in [0.15, 0.2) is 0 Å². The number of aliphatic hydroxyl groups is 1. The van der Waals surface area contributed by atoms with Crippen LogP contribution < -0.4 is 5.32 Å². The lowest BCUT2D eigenvalue weighted by Gasteiger charge is -2.28. The lowest BCUT2D eigenvalue weighted by molar-refractivity contribution is -0.141. The van der Waals surface area contributed by atoms with Gasteiger partial charge in [0, 0.05) is 13.1 Å². The van der Waals surface area contributed by atoms with Crippen LogP contribution in [0.4, 0.5) is 4.79 Å². The van der Waals surface area contributed by atoms with E-state index in [1.54, 1.807) is 11.8 Å². The zero-order valence-electron chi connectivity index (χ0n) is 12.2. The van der Waals surface area contributed by atoms with E-state index < -0.39 is 5.97 Å². The molecule has 1 saturated heterocycles. The van der Waals surface area contributed by atoms with Gasteiger partial charge in [-0.05, 0) is 25.7 Å². The Kier molecular flexibility index (Phi) is 7.36. The van der Waals surface area contributed by atoms with E-state index in [4.69, 9.17) is 5.11 Å². The Balaban J connectivity index is 2.31. The second-order valence-corrected chi connectivity index (χ2v) is 5.49. The highest BCUT2D eigenvalue weighted by molar-refractivity contribution is 5.74. The first-order chi connectivity index (χ1) is 9.56. The fourth-order valence-electron chi connectivity index (χ4n) is 2.46. The number of nitrogens with one attached hydrogen (secondary N) is 1. The quantitative estimate of drug-likeness (QED) is 0.644. The second-order valence-electron chi connectivity index (χ2n) is 5.49. The Bertz CT molecular complexity index is 322. The van der Waals surface area contributed by atoms with Crippen LogP contribution in [0, 0.1) is 5.92 Å². The van der Waals surface area contributed by atoms with E-state index in [2.05, 4.69) is 5.32 Å². The van der Waals surface area contributed by atoms with Crippen molar-refractivity contribution in [3.8, 4) is 0 Å². The zero-order valence-corrected chi connectivity index (χ0v) is 12.2. The highest BCUT2D eigenvalue weighted by Gasteiger charge is 2.24. The van der Waals surface area contributed by atoms with E-state index in [0.717, 1.165) is 25.7 Å². The first-order valence-corrected chi connectivity index (χ1v) is 7.44. The molecule has 3 N–H and O–H groups in total. The van der Waals surface area contributed by atoms with E-state index in [-0.39, 0.29) is 24.6 Å². The predicted octanol–water partition coefficient (Wildman–Crippen LogP) is 1.43. The molecule has 116 valence electrons. The summed E-state index contributed by atoms with van der Waals surface area (Å²) in [5.74, 6) is -1.18. The number of aliphatic hydroxyl groups excluding tert-OH is 1. The molecule has 0 aliphatic carbocycles. The fourth-order valence-corrected chi connectivity index (χ4v) is 2.46. The average Bonchev–Trinajstić information content (AvgIpc) is 2.67. The topological polar surface area (TPSA) is 89.9 Å². The van der Waals surface area contributed by atoms with Gasteiger partial charge in [-0.3, -0.25) is 4.79 Å². The van der Waals surface area contributed by atoms with Gasteiger partial charge in [-0.25, -0.2) is 4.79 Å². The lowest BCUT2D eigenvalue weighted by Crippen LogP contribution is -2.47. The minimum atomic E-state index is -0.802. The van der Waals surface area contributed by atoms with Crippen LogP contribution in [0.5, 0.6) is 0 Å². The van der Waals surface area contributed by atoms with Crippen LogP contribution >= 0.6 is 0 Å². The normalized spacial score (nSPS) is 21.1. The number of urea groups is 1. The van der Waals surface area contributed by atoms with Crippen LogP contribution in [-0.4, -0.2) is 52.9 Å². The van der Waals surface area contributed by atoms with Gasteiger partial charge >= 0.3 is 12.0 Å². The number of carboxylic acid groups (broad SMARTS) is 1. The summed E-state index contributed by atoms with van der Waals surface area (Å²) in [5.41, 5.74) is 0. The summed E-state index contributed by atoms with van der Waals surface area (Å²) in [6.45, 7) is 2.83. The van der Waals surface area contributed by atoms with Gasteiger partial charge < -0.3 is 20.4 Å². The Morgan fingerprint density at radius 3 is 2.75 bits per heavy atom. The van der Waals surface area contributed by atoms with E-state index >= 15 is 0 Å². The molecule has 0 spiro atoms. The minimum absolute atomic E-state index is 0.00344. The number of carbonyl (C=O) groups excluding carboxylic acids is 1. The SMILES string of the molecule is CC(CCCNC(=O)N1CCCCCC1CO)C(=O)O. The van der Waals surface area contributed by atoms with E-state index in [1.165, 1.54) is 0 Å². The largest absolute Gasteiger partial charge is 0.481 e. The Morgan fingerprint density at radius 1 is 1.35 bits per heavy atom. The fraction of sp³-hybridized carbons (Fsp3) is 0.857. The highest BCUT2D eigenvalue weighted by Crippen LogP contribution is 2.16. The van der Waals surface area contributed by atoms with Crippen molar-refractivity contribution in [1.29, 1.82) is 0 Å². The average molecular weight is 286 g/mol. The van der Waals surface area contributed by atoms with Crippen molar-refractivity contribution in [1.82, 2.24) is 10.2 Å². The van der Waals surface area contributed by atoms with Crippen molar-refractivity contribution in [3.05, 3.63) is 0 Å². The molecule has 0 bridgehead atoms. The number of carboxylic acids is 1. The molecule has 1 aliphatic heterocycles. The number of likely N-dealkylation sites (tertiary alicyclic amines) is 1. The number of carbonyl (C=O) groups is 2. The molecule has 1 fully saturated rings. The highest BCUT2D eigenvalue weighted by atomic mass is 16.4. The van der Waals surface area contributed by atoms with Gasteiger partial charge in [0.2, 0.25) is 0 Å². The van der Waals surface area contributed by atoms with E-state index in [9.17, 15) is 14.7 Å². The first kappa shape index (κ1) is 16.8. The zero-order chi connectivity index (χ0) is 15.0. The van der Waals surface area contributed by atoms with Crippen molar-refractivity contribution in [2.75, 3.05) is 19.7 Å². The number of amides is 2. The Labute approximate surface area is 120 Å². The molecule has 2 unspecified atom stereocenters. The number of hydrogen-bond acceptors (Lipinski definition) is 3. The number of rotatable bonds is 6. The third kappa shape index (κ3) is 5.36. The van der Waals surface area contributed by atoms with Crippen molar-refractivity contribution in [2.24, 2.45) is 5.92 Å². The maximum atomic E-state index is 12.1. The molecule has 0 aromatic carbocycles. The number of aliphatic carboxylic acids is 1. The molecule has 1 rings (SSSR count). The van der Waals surface area contributed by atoms with Gasteiger partial charge in [-0.1, -0.05) is 19.8 Å². The number of hydrogen-bond donors (Lipinski definition) is 3. The molecule has 6 heteroatoms. The monoisotopic (exact) mass is 286 g/mol. The molecular weight excluding hydrogens is 260 g/mol. The molecule has 2 atom stereocenters. The first-order valence-electron chi connectivity index (χ1n) is 7.44. The summed E-state index contributed by atoms with van der Waals surface area (Å²) < 4.78 is 0. The Morgan fingerprint density at radius 2 is 2.10 bits per heavy atom. The maximum absolute atomic E-state index is 12.1. The third-order valence-corrected chi connectivity index (χ3v) is 3.86. The minimum Gasteiger partial charge on any atom is -0.481 e. The molecular formula is C14H26N2O4. The van der Waals surface area contributed by atoms with Crippen LogP contribution in [0.1, 0.15) is 45.4 Å². The van der Waals surface area contributed by atoms with Gasteiger partial charge in [0.25, 0.3) is 0 Å². The van der Waals surface area contributed by atoms with Crippen LogP contribution in [0.2, 0.25) is 0 Å². The summed E-state index contributed by atoms with van der Waals surface area (Å²) in [6, 6.07) is -0.232. The smallest absolute Gasteiger partial charge is 0.317 e. The summed E-state index contributed by atoms with van der Waals surface area (Å²) >= 11 is 0. The molecule has 6 nitrogen and oxygen atoms in total. The van der Waals surface area contributed by atoms with Crippen molar-refractivity contribution in [3.63, 3.8) is 0 Å². The lowest BCUT2D eigenvalue weighted by atomic mass is 10.1. The van der Waals surface area contributed by atoms with Crippen LogP contribution in [-0.2, 0) is 4.79 Å². The molecule has 1 heterocycles. The number of nitrogens with zero attached hydrogens (tertiary/aromatic N) is 1. The molecule has 20 heavy (non-hydrogen) atoms. The molecule has 0 saturated carbocycles. The molecule has 0 aromatic rings. The molecule has 2 amide bonds. The summed E-state index contributed by atoms with van der Waals surface area (Å²) in [7, 11) is 0. The predicted molar refractivity (Wildman–Crippen MR) is 75.5 cm³/mol. The maximum Gasteiger partial charge on any atom is 0.317 e. The summed E-state index contributed by atoms with van der Waals surface area (Å²) in [6.07, 6.45) is 5.16. The van der Waals surface area contributed by atoms with Crippen molar-refractivity contribution >= 4 is 12.0 Å². The standard InChI is InChI=1S/C14H26N2O4/c1-11(13(18)19)6-5-8-15-14(20)16-9-4-2-3-7-12(16)10-17/h11-12,17H,2-10H2,1H3,(H,15,20)(H,18,19). The van der Waals surface area contributed by atoms with Crippen LogP contribution in [0.3, 0.4) is 0 Å². The van der Waals surface area contributed by atoms with Gasteiger partial charge in [0.15, 0.2) is 0 Å². The van der Waals surface area contributed by atoms with E-state index in [0.29, 0.717) is 25.9 Å². The van der Waals surface area contributed by atoms with E-state index in [1.807, 2.05) is 0 Å². The summed E-state index contributed by atoms with van der Waals surface area (Å²) in [5, 5.41) is 20.9. The molecule has 1 aliphatic rings. The Hall–Kier alpha value is -1.30. The van der Waals surface area contributed by atoms with Gasteiger partial charge in [-0.15, -0.1) is 0 Å². The van der Waals surface area contributed by atoms with Gasteiger partial charge in [0.1, 0.15) is 0 Å². The molecule has 0 aromatic heterocycles. The van der Waals surface area contributed by atoms with Gasteiger partial charge in [-0.2, -0.15) is 0 Å². The second kappa shape index (κ2) is 8.79. The van der Waals surface area contributed by atoms with Crippen molar-refractivity contribution < 1.29 is 19.8 Å². The van der Waals surface area contributed by atoms with Gasteiger partial charge in [0.05, 0.1) is 18.6 Å². The summed E-state index contributed by atoms with van der Waals surface area (Å²) in [4.78, 5) is 24.5. The van der Waals surface area contributed by atoms with Crippen LogP contribution in [0.25, 0.3) is 0 Å².